The topological polar surface area (TPSA) is 308 Å². The number of nitrogens with zero attached hydrogens (tertiary/aromatic N) is 2. The van der Waals surface area contributed by atoms with Gasteiger partial charge in [-0.25, -0.2) is 39.4 Å². The van der Waals surface area contributed by atoms with Gasteiger partial charge in [0.15, 0.2) is 5.60 Å². The van der Waals surface area contributed by atoms with E-state index in [0.29, 0.717) is 56.3 Å². The molecule has 0 saturated carbocycles. The minimum atomic E-state index is -3.91. The van der Waals surface area contributed by atoms with Crippen molar-refractivity contribution in [2.45, 2.75) is 83.2 Å². The molecule has 6 aromatic carbocycles. The van der Waals surface area contributed by atoms with Crippen molar-refractivity contribution in [2.75, 3.05) is 146 Å². The Morgan fingerprint density at radius 2 is 0.762 bits per heavy atom. The van der Waals surface area contributed by atoms with Gasteiger partial charge in [-0.15, -0.1) is 0 Å². The second-order valence-electron chi connectivity index (χ2n) is 25.7. The Bertz CT molecular complexity index is 4160. The summed E-state index contributed by atoms with van der Waals surface area (Å²) in [5.74, 6) is -2.96. The molecule has 3 aliphatic rings. The third-order valence-corrected chi connectivity index (χ3v) is 24.0. The summed E-state index contributed by atoms with van der Waals surface area (Å²) in [7, 11) is -7.78. The van der Waals surface area contributed by atoms with Crippen molar-refractivity contribution in [1.82, 2.24) is 39.9 Å². The van der Waals surface area contributed by atoms with Crippen LogP contribution in [0.5, 0.6) is 0 Å². The van der Waals surface area contributed by atoms with Gasteiger partial charge in [-0.2, -0.15) is 0 Å². The van der Waals surface area contributed by atoms with E-state index < -0.39 is 66.2 Å². The highest BCUT2D eigenvalue weighted by Crippen LogP contribution is 2.43. The number of sulfonamides is 3. The molecule has 0 unspecified atom stereocenters. The second kappa shape index (κ2) is 40.0. The van der Waals surface area contributed by atoms with Crippen LogP contribution >= 0.6 is 69.6 Å². The number of hydrogen-bond acceptors (Lipinski definition) is 18. The number of carbonyl (C=O) groups excluding carboxylic acids is 3. The SMILES string of the molecule is CN1Cc2c(Cl)cc(Cl)cc2[C@H](c2cccc(S(=O)(=O)NCCOCCOCCNC(=O)CC(O)(CC(=O)NCCOCCOCCNS(=O)(=O)c3cccc([C@@H]4CN(C)Cc5c(Cl)cc(Cl)cc54)c3)C(=O)NCCOCCOCCNS(=O)(=O)c3cccc([C@@H]4CCCc5c(Cl)cc(Cl)cc54)c3)c2)C1. The fourth-order valence-corrected chi connectivity index (χ4v) is 17.9. The van der Waals surface area contributed by atoms with Crippen molar-refractivity contribution in [3.63, 3.8) is 0 Å². The average Bonchev–Trinajstić information content (AvgIpc) is 0.789. The molecule has 24 nitrogen and oxygen atoms in total. The van der Waals surface area contributed by atoms with Crippen molar-refractivity contribution >= 4 is 117 Å². The van der Waals surface area contributed by atoms with Crippen LogP contribution in [0, 0.1) is 0 Å². The smallest absolute Gasteiger partial charge is 0.253 e. The van der Waals surface area contributed by atoms with Gasteiger partial charge in [-0.05, 0) is 156 Å². The van der Waals surface area contributed by atoms with Gasteiger partial charge in [0.1, 0.15) is 0 Å². The number of nitrogens with one attached hydrogen (secondary N) is 6. The van der Waals surface area contributed by atoms with Crippen molar-refractivity contribution in [3.8, 4) is 0 Å². The van der Waals surface area contributed by atoms with Crippen LogP contribution in [-0.2, 0) is 92.4 Å². The number of likely N-dealkylation sites (N-methyl/N-ethyl adjacent to an activating group) is 2. The Hall–Kier alpha value is -5.16. The Morgan fingerprint density at radius 3 is 1.13 bits per heavy atom. The average molecular weight is 1630 g/mol. The van der Waals surface area contributed by atoms with Crippen LogP contribution in [-0.4, -0.2) is 209 Å². The number of carbonyl (C=O) groups is 3. The number of benzene rings is 6. The van der Waals surface area contributed by atoms with Crippen LogP contribution in [0.25, 0.3) is 0 Å². The van der Waals surface area contributed by atoms with E-state index in [4.69, 9.17) is 98.0 Å². The standard InChI is InChI=1S/C72H88Cl6N8O16S3/c1-85-44-62(60-37-52(74)40-67(77)64(60)46-85)49-8-4-11-55(34-49)104(93,94)83-19-25-100-30-27-97-21-15-79-69(87)42-72(90,71(89)81-17-23-99-29-32-102-24-18-82-103(91,92)54-10-3-7-48(33-54)57-13-6-14-58-59(57)36-51(73)39-66(58)76)43-70(88)80-16-22-98-28-31-101-26-20-84-105(95,96)56-12-5-9-50(35-56)63-45-86(2)47-65-61(63)38-53(75)41-68(65)78/h3-5,7-12,33-41,57,62-63,82-84,90H,6,13-32,42-47H2,1-2H3,(H,79,87)(H,80,88)(H,81,89)/t57-,62-,63-/m0/s1. The third-order valence-electron chi connectivity index (χ3n) is 17.9. The molecule has 0 aromatic heterocycles. The van der Waals surface area contributed by atoms with Gasteiger partial charge in [0.2, 0.25) is 41.9 Å². The molecule has 0 spiro atoms. The van der Waals surface area contributed by atoms with Gasteiger partial charge in [0, 0.05) is 113 Å². The zero-order valence-electron chi connectivity index (χ0n) is 58.2. The summed E-state index contributed by atoms with van der Waals surface area (Å²) in [4.78, 5) is 44.7. The molecule has 7 N–H and O–H groups in total. The van der Waals surface area contributed by atoms with E-state index in [-0.39, 0.29) is 151 Å². The fraction of sp³-hybridized carbons (Fsp3) is 0.458. The van der Waals surface area contributed by atoms with E-state index >= 15 is 0 Å². The summed E-state index contributed by atoms with van der Waals surface area (Å²) < 4.78 is 121. The van der Waals surface area contributed by atoms with Crippen LogP contribution in [0.1, 0.15) is 93.5 Å². The van der Waals surface area contributed by atoms with E-state index in [1.807, 2.05) is 50.5 Å². The van der Waals surface area contributed by atoms with Crippen LogP contribution in [0.4, 0.5) is 0 Å². The third kappa shape index (κ3) is 24.4. The Balaban J connectivity index is 0.671. The highest BCUT2D eigenvalue weighted by Gasteiger charge is 2.41. The first kappa shape index (κ1) is 83.9. The van der Waals surface area contributed by atoms with Crippen LogP contribution < -0.4 is 30.1 Å². The van der Waals surface area contributed by atoms with Crippen LogP contribution in [0.3, 0.4) is 0 Å². The molecule has 105 heavy (non-hydrogen) atoms. The van der Waals surface area contributed by atoms with Gasteiger partial charge >= 0.3 is 0 Å². The maximum atomic E-state index is 13.6. The Labute approximate surface area is 644 Å². The van der Waals surface area contributed by atoms with Crippen molar-refractivity contribution in [2.24, 2.45) is 0 Å². The number of fused-ring (bicyclic) bond motifs is 3. The molecule has 0 fully saturated rings. The van der Waals surface area contributed by atoms with Crippen molar-refractivity contribution < 1.29 is 73.2 Å². The first-order chi connectivity index (χ1) is 50.2. The van der Waals surface area contributed by atoms with Crippen molar-refractivity contribution in [3.05, 3.63) is 189 Å². The maximum Gasteiger partial charge on any atom is 0.253 e. The van der Waals surface area contributed by atoms with E-state index in [1.165, 1.54) is 18.2 Å². The number of hydrogen-bond donors (Lipinski definition) is 7. The molecule has 3 atom stereocenters. The lowest BCUT2D eigenvalue weighted by atomic mass is 9.79. The van der Waals surface area contributed by atoms with E-state index in [9.17, 15) is 44.7 Å². The zero-order chi connectivity index (χ0) is 75.3. The number of halogens is 6. The fourth-order valence-electron chi connectivity index (χ4n) is 12.9. The molecule has 2 heterocycles. The maximum absolute atomic E-state index is 13.6. The van der Waals surface area contributed by atoms with E-state index in [0.717, 1.165) is 69.3 Å². The molecule has 33 heteroatoms. The first-order valence-electron chi connectivity index (χ1n) is 34.3. The molecule has 1 aliphatic carbocycles. The lowest BCUT2D eigenvalue weighted by molar-refractivity contribution is -0.150. The number of ether oxygens (including phenoxy) is 6. The van der Waals surface area contributed by atoms with Gasteiger partial charge in [0.25, 0.3) is 5.91 Å². The highest BCUT2D eigenvalue weighted by atomic mass is 35.5. The minimum absolute atomic E-state index is 0.000457. The zero-order valence-corrected chi connectivity index (χ0v) is 65.2. The number of aliphatic hydroxyl groups is 1. The lowest BCUT2D eigenvalue weighted by Crippen LogP contribution is -2.53. The van der Waals surface area contributed by atoms with E-state index in [2.05, 4.69) is 39.9 Å². The largest absolute Gasteiger partial charge is 0.379 e. The molecule has 3 amide bonds. The molecule has 2 aliphatic heterocycles. The summed E-state index contributed by atoms with van der Waals surface area (Å²) in [5.41, 5.74) is 5.71. The van der Waals surface area contributed by atoms with E-state index in [1.54, 1.807) is 54.6 Å². The normalized spacial score (nSPS) is 16.5. The summed E-state index contributed by atoms with van der Waals surface area (Å²) in [6, 6.07) is 31.0. The second-order valence-corrected chi connectivity index (χ2v) is 33.6. The summed E-state index contributed by atoms with van der Waals surface area (Å²) in [6.45, 7) is 2.75. The monoisotopic (exact) mass is 1630 g/mol. The minimum Gasteiger partial charge on any atom is -0.379 e. The first-order valence-corrected chi connectivity index (χ1v) is 41.0. The van der Waals surface area contributed by atoms with Gasteiger partial charge < -0.3 is 59.3 Å². The Morgan fingerprint density at radius 1 is 0.438 bits per heavy atom. The highest BCUT2D eigenvalue weighted by molar-refractivity contribution is 7.90. The molecule has 0 bridgehead atoms. The molecular formula is C72H88Cl6N8O16S3. The van der Waals surface area contributed by atoms with Crippen molar-refractivity contribution in [1.29, 1.82) is 0 Å². The summed E-state index contributed by atoms with van der Waals surface area (Å²) >= 11 is 38.7. The lowest BCUT2D eigenvalue weighted by Gasteiger charge is -2.33. The summed E-state index contributed by atoms with van der Waals surface area (Å²) in [6.07, 6.45) is 0.888. The van der Waals surface area contributed by atoms with Gasteiger partial charge in [0.05, 0.1) is 107 Å². The number of amides is 3. The summed E-state index contributed by atoms with van der Waals surface area (Å²) in [5, 5.41) is 22.6. The quantitative estimate of drug-likeness (QED) is 0.0177. The predicted molar refractivity (Wildman–Crippen MR) is 404 cm³/mol. The van der Waals surface area contributed by atoms with Gasteiger partial charge in [-0.3, -0.25) is 14.4 Å². The van der Waals surface area contributed by atoms with Crippen LogP contribution in [0.15, 0.2) is 124 Å². The molecule has 0 saturated heterocycles. The molecule has 572 valence electrons. The molecule has 0 radical (unpaired) electrons. The number of rotatable bonds is 41. The van der Waals surface area contributed by atoms with Crippen LogP contribution in [0.2, 0.25) is 30.1 Å². The predicted octanol–water partition coefficient (Wildman–Crippen LogP) is 8.42. The van der Waals surface area contributed by atoms with Gasteiger partial charge in [-0.1, -0.05) is 106 Å². The Kier molecular flexibility index (Phi) is 31.9. The molecule has 9 rings (SSSR count). The molecule has 6 aromatic rings. The molecular weight excluding hydrogens is 1540 g/mol.